The predicted molar refractivity (Wildman–Crippen MR) is 195 cm³/mol. The molecule has 4 aliphatic heterocycles. The van der Waals surface area contributed by atoms with Crippen LogP contribution in [-0.2, 0) is 28.8 Å². The van der Waals surface area contributed by atoms with Gasteiger partial charge in [0.2, 0.25) is 17.7 Å². The Balaban J connectivity index is 1.19. The standard InChI is InChI=1S/C36H36N6O9S2/c1-3-5-19-16-52-35-27(33(49)42(35)28(19)36(50)51)40-31(47)25(18-9-13-21(44)14-10-18)38-29(45)22-15-41-32(48)26(34(41)53-23(22)6-4-2)39-30(46)24(37)17-7-11-20(43)12-8-17/h3-14,24-27,34-35,43-44H,15-16,37H2,1-2H3,(H,38,45)(H,39,46)(H,40,47)(H,50,51)/b5-3+,6-4+. The zero-order valence-corrected chi connectivity index (χ0v) is 30.0. The van der Waals surface area contributed by atoms with Gasteiger partial charge >= 0.3 is 5.97 Å². The lowest BCUT2D eigenvalue weighted by Crippen LogP contribution is -2.71. The molecule has 2 aromatic rings. The van der Waals surface area contributed by atoms with Crippen LogP contribution in [0.25, 0.3) is 0 Å². The van der Waals surface area contributed by atoms with Crippen LogP contribution in [0.4, 0.5) is 0 Å². The quantitative estimate of drug-likeness (QED) is 0.162. The molecule has 2 saturated heterocycles. The number of aromatic hydroxyl groups is 2. The Morgan fingerprint density at radius 3 is 2.04 bits per heavy atom. The number of benzene rings is 2. The SMILES string of the molecule is C/C=C/C1=C(C(=O)O)N2C(=O)C(NC(=O)C(NC(=O)C3=C(/C=C/C)SC4C(NC(=O)C(N)c5ccc(O)cc5)C(=O)N4C3)c3ccc(O)cc3)C2SC1. The largest absolute Gasteiger partial charge is 0.508 e. The highest BCUT2D eigenvalue weighted by Crippen LogP contribution is 2.43. The highest BCUT2D eigenvalue weighted by Gasteiger charge is 2.55. The molecule has 0 radical (unpaired) electrons. The lowest BCUT2D eigenvalue weighted by Gasteiger charge is -2.50. The Bertz CT molecular complexity index is 2000. The number of phenolic OH excluding ortho intramolecular Hbond substituents is 2. The summed E-state index contributed by atoms with van der Waals surface area (Å²) in [6.07, 6.45) is 6.71. The zero-order valence-electron chi connectivity index (χ0n) is 28.4. The van der Waals surface area contributed by atoms with Gasteiger partial charge in [0.05, 0.1) is 6.54 Å². The smallest absolute Gasteiger partial charge is 0.352 e. The van der Waals surface area contributed by atoms with Crippen molar-refractivity contribution in [3.05, 3.63) is 106 Å². The van der Waals surface area contributed by atoms with E-state index in [2.05, 4.69) is 16.0 Å². The average molecular weight is 761 g/mol. The lowest BCUT2D eigenvalue weighted by molar-refractivity contribution is -0.151. The van der Waals surface area contributed by atoms with Gasteiger partial charge in [-0.2, -0.15) is 0 Å². The Morgan fingerprint density at radius 2 is 1.43 bits per heavy atom. The second-order valence-corrected chi connectivity index (χ2v) is 14.7. The first-order valence-corrected chi connectivity index (χ1v) is 18.4. The van der Waals surface area contributed by atoms with Gasteiger partial charge in [-0.15, -0.1) is 11.8 Å². The van der Waals surface area contributed by atoms with E-state index in [0.29, 0.717) is 21.8 Å². The van der Waals surface area contributed by atoms with Gasteiger partial charge in [-0.25, -0.2) is 4.79 Å². The van der Waals surface area contributed by atoms with Crippen molar-refractivity contribution in [2.75, 3.05) is 12.3 Å². The van der Waals surface area contributed by atoms with E-state index in [4.69, 9.17) is 5.73 Å². The molecule has 2 aromatic carbocycles. The van der Waals surface area contributed by atoms with E-state index >= 15 is 0 Å². The van der Waals surface area contributed by atoms with Crippen molar-refractivity contribution in [1.29, 1.82) is 0 Å². The monoisotopic (exact) mass is 760 g/mol. The number of carboxylic acid groups (broad SMARTS) is 1. The fraction of sp³-hybridized carbons (Fsp3) is 0.278. The number of fused-ring (bicyclic) bond motifs is 2. The van der Waals surface area contributed by atoms with E-state index in [0.717, 1.165) is 4.90 Å². The Morgan fingerprint density at radius 1 is 0.849 bits per heavy atom. The number of phenols is 2. The minimum absolute atomic E-state index is 0.0129. The number of nitrogens with one attached hydrogen (secondary N) is 3. The maximum Gasteiger partial charge on any atom is 0.352 e. The predicted octanol–water partition coefficient (Wildman–Crippen LogP) is 1.50. The molecule has 0 spiro atoms. The summed E-state index contributed by atoms with van der Waals surface area (Å²) in [5.41, 5.74) is 7.35. The molecule has 0 bridgehead atoms. The molecule has 6 rings (SSSR count). The molecule has 5 amide bonds. The fourth-order valence-electron chi connectivity index (χ4n) is 6.35. The number of β-lactam (4-membered cyclic amide) rings is 2. The van der Waals surface area contributed by atoms with E-state index in [1.54, 1.807) is 38.2 Å². The summed E-state index contributed by atoms with van der Waals surface area (Å²) >= 11 is 2.49. The minimum Gasteiger partial charge on any atom is -0.508 e. The van der Waals surface area contributed by atoms with Crippen molar-refractivity contribution in [3.63, 3.8) is 0 Å². The first-order valence-electron chi connectivity index (χ1n) is 16.5. The summed E-state index contributed by atoms with van der Waals surface area (Å²) in [5, 5.41) is 36.2. The number of rotatable bonds is 11. The van der Waals surface area contributed by atoms with Gasteiger partial charge < -0.3 is 41.9 Å². The Labute approximate surface area is 312 Å². The molecule has 17 heteroatoms. The van der Waals surface area contributed by atoms with E-state index in [1.807, 2.05) is 0 Å². The summed E-state index contributed by atoms with van der Waals surface area (Å²) in [4.78, 5) is 82.5. The van der Waals surface area contributed by atoms with Gasteiger partial charge in [0.1, 0.15) is 52.1 Å². The van der Waals surface area contributed by atoms with Gasteiger partial charge in [0.25, 0.3) is 11.8 Å². The number of hydrogen-bond acceptors (Lipinski definition) is 11. The van der Waals surface area contributed by atoms with Gasteiger partial charge in [0, 0.05) is 16.2 Å². The van der Waals surface area contributed by atoms with Gasteiger partial charge in [-0.1, -0.05) is 60.3 Å². The number of carbonyl (C=O) groups excluding carboxylic acids is 5. The molecule has 6 unspecified atom stereocenters. The number of allylic oxidation sites excluding steroid dienone is 4. The van der Waals surface area contributed by atoms with E-state index in [1.165, 1.54) is 77.0 Å². The summed E-state index contributed by atoms with van der Waals surface area (Å²) in [6.45, 7) is 3.36. The van der Waals surface area contributed by atoms with E-state index in [9.17, 15) is 44.1 Å². The van der Waals surface area contributed by atoms with Crippen LogP contribution >= 0.6 is 23.5 Å². The molecule has 0 aliphatic carbocycles. The van der Waals surface area contributed by atoms with Crippen molar-refractivity contribution < 1.29 is 44.1 Å². The fourth-order valence-corrected chi connectivity index (χ4v) is 9.07. The Hall–Kier alpha value is -5.52. The first-order chi connectivity index (χ1) is 25.3. The third kappa shape index (κ3) is 7.14. The van der Waals surface area contributed by atoms with Gasteiger partial charge in [-0.3, -0.25) is 28.9 Å². The van der Waals surface area contributed by atoms with Crippen molar-refractivity contribution in [2.24, 2.45) is 5.73 Å². The lowest BCUT2D eigenvalue weighted by atomic mass is 9.99. The summed E-state index contributed by atoms with van der Waals surface area (Å²) in [6, 6.07) is 6.96. The van der Waals surface area contributed by atoms with Crippen LogP contribution in [-0.4, -0.2) is 95.8 Å². The van der Waals surface area contributed by atoms with Crippen LogP contribution in [0.15, 0.2) is 94.6 Å². The van der Waals surface area contributed by atoms with Gasteiger partial charge in [-0.05, 0) is 54.8 Å². The molecule has 8 N–H and O–H groups in total. The summed E-state index contributed by atoms with van der Waals surface area (Å²) in [5.74, 6) is -4.08. The van der Waals surface area contributed by atoms with Crippen LogP contribution in [0.3, 0.4) is 0 Å². The Kier molecular flexibility index (Phi) is 10.7. The summed E-state index contributed by atoms with van der Waals surface area (Å²) in [7, 11) is 0. The molecule has 2 fully saturated rings. The van der Waals surface area contributed by atoms with Crippen LogP contribution in [0.5, 0.6) is 11.5 Å². The number of thioether (sulfide) groups is 2. The maximum atomic E-state index is 14.0. The normalized spacial score (nSPS) is 23.5. The minimum atomic E-state index is -1.35. The molecule has 6 atom stereocenters. The molecule has 15 nitrogen and oxygen atoms in total. The molecule has 53 heavy (non-hydrogen) atoms. The van der Waals surface area contributed by atoms with Gasteiger partial charge in [0.15, 0.2) is 0 Å². The van der Waals surface area contributed by atoms with Crippen LogP contribution in [0.2, 0.25) is 0 Å². The number of aliphatic carboxylic acids is 1. The van der Waals surface area contributed by atoms with Crippen molar-refractivity contribution in [1.82, 2.24) is 25.8 Å². The topological polar surface area (TPSA) is 232 Å². The van der Waals surface area contributed by atoms with Crippen LogP contribution < -0.4 is 21.7 Å². The second kappa shape index (κ2) is 15.2. The maximum absolute atomic E-state index is 14.0. The molecule has 0 saturated carbocycles. The summed E-state index contributed by atoms with van der Waals surface area (Å²) < 4.78 is 0. The molecular formula is C36H36N6O9S2. The third-order valence-corrected chi connectivity index (χ3v) is 11.8. The number of nitrogens with two attached hydrogens (primary N) is 1. The molecule has 4 heterocycles. The number of carbonyl (C=O) groups is 6. The number of amides is 5. The van der Waals surface area contributed by atoms with Crippen molar-refractivity contribution >= 4 is 59.0 Å². The van der Waals surface area contributed by atoms with Crippen LogP contribution in [0.1, 0.15) is 37.1 Å². The molecular weight excluding hydrogens is 725 g/mol. The molecule has 0 aromatic heterocycles. The van der Waals surface area contributed by atoms with E-state index in [-0.39, 0.29) is 34.9 Å². The van der Waals surface area contributed by atoms with E-state index < -0.39 is 70.4 Å². The number of nitrogens with zero attached hydrogens (tertiary/aromatic N) is 2. The van der Waals surface area contributed by atoms with Crippen molar-refractivity contribution in [3.8, 4) is 11.5 Å². The highest BCUT2D eigenvalue weighted by molar-refractivity contribution is 8.04. The number of hydrogen-bond donors (Lipinski definition) is 7. The van der Waals surface area contributed by atoms with Crippen molar-refractivity contribution in [2.45, 2.75) is 48.8 Å². The molecule has 276 valence electrons. The third-order valence-electron chi connectivity index (χ3n) is 9.07. The second-order valence-electron chi connectivity index (χ2n) is 12.4. The zero-order chi connectivity index (χ0) is 38.1. The molecule has 4 aliphatic rings. The average Bonchev–Trinajstić information content (AvgIpc) is 3.14. The highest BCUT2D eigenvalue weighted by atomic mass is 32.2. The number of carboxylic acids is 1. The van der Waals surface area contributed by atoms with Crippen LogP contribution in [0, 0.1) is 0 Å². The first kappa shape index (κ1) is 37.2.